The molecule has 208 valence electrons. The molecular weight excluding hydrogens is 572 g/mol. The molecule has 5 aromatic rings. The Balaban J connectivity index is 1.86. The summed E-state index contributed by atoms with van der Waals surface area (Å²) in [6.07, 6.45) is 3.79. The molecule has 5 rings (SSSR count). The molecule has 7 nitrogen and oxygen atoms in total. The Labute approximate surface area is 242 Å². The van der Waals surface area contributed by atoms with Crippen molar-refractivity contribution in [1.29, 1.82) is 0 Å². The van der Waals surface area contributed by atoms with Gasteiger partial charge in [-0.25, -0.2) is 4.98 Å². The number of benzene rings is 3. The van der Waals surface area contributed by atoms with Gasteiger partial charge in [0.2, 0.25) is 0 Å². The Morgan fingerprint density at radius 3 is 2.45 bits per heavy atom. The second-order valence-electron chi connectivity index (χ2n) is 10.1. The fourth-order valence-electron chi connectivity index (χ4n) is 5.45. The van der Waals surface area contributed by atoms with Gasteiger partial charge < -0.3 is 28.6 Å². The summed E-state index contributed by atoms with van der Waals surface area (Å²) in [5.74, 6) is 0.876. The predicted molar refractivity (Wildman–Crippen MR) is 161 cm³/mol. The van der Waals surface area contributed by atoms with E-state index in [2.05, 4.69) is 37.9 Å². The zero-order valence-corrected chi connectivity index (χ0v) is 24.9. The van der Waals surface area contributed by atoms with Gasteiger partial charge in [0.05, 0.1) is 27.6 Å². The molecule has 3 aromatic carbocycles. The minimum atomic E-state index is -1.43. The lowest BCUT2D eigenvalue weighted by molar-refractivity contribution is 0.00439. The van der Waals surface area contributed by atoms with Crippen LogP contribution < -0.4 is 14.2 Å². The molecule has 0 radical (unpaired) electrons. The maximum absolute atomic E-state index is 13.1. The van der Waals surface area contributed by atoms with Crippen LogP contribution in [0.3, 0.4) is 0 Å². The lowest BCUT2D eigenvalue weighted by Crippen LogP contribution is -2.38. The van der Waals surface area contributed by atoms with Gasteiger partial charge in [0, 0.05) is 39.6 Å². The minimum absolute atomic E-state index is 0.365. The average molecular weight is 606 g/mol. The van der Waals surface area contributed by atoms with Gasteiger partial charge in [-0.2, -0.15) is 0 Å². The SMILES string of the molecule is COc1cc2ccc(Br)cc2cc1[C@@H](c1cnc(OC)c(OC)c1)[C@@](O)(CCN(C)C)c1cccc2ccoc12. The molecule has 0 bridgehead atoms. The van der Waals surface area contributed by atoms with E-state index in [9.17, 15) is 5.11 Å². The van der Waals surface area contributed by atoms with Gasteiger partial charge in [-0.3, -0.25) is 0 Å². The summed E-state index contributed by atoms with van der Waals surface area (Å²) in [6, 6.07) is 19.9. The van der Waals surface area contributed by atoms with Gasteiger partial charge in [-0.1, -0.05) is 40.2 Å². The van der Waals surface area contributed by atoms with Crippen molar-refractivity contribution in [2.24, 2.45) is 0 Å². The Bertz CT molecular complexity index is 1650. The fourth-order valence-corrected chi connectivity index (χ4v) is 5.83. The Morgan fingerprint density at radius 2 is 1.73 bits per heavy atom. The number of para-hydroxylation sites is 1. The number of ether oxygens (including phenoxy) is 3. The minimum Gasteiger partial charge on any atom is -0.496 e. The second kappa shape index (κ2) is 11.5. The molecule has 0 aliphatic rings. The van der Waals surface area contributed by atoms with E-state index in [-0.39, 0.29) is 0 Å². The molecule has 40 heavy (non-hydrogen) atoms. The predicted octanol–water partition coefficient (Wildman–Crippen LogP) is 6.74. The summed E-state index contributed by atoms with van der Waals surface area (Å²) in [6.45, 7) is 0.617. The van der Waals surface area contributed by atoms with Crippen LogP contribution in [0, 0.1) is 0 Å². The van der Waals surface area contributed by atoms with E-state index >= 15 is 0 Å². The third-order valence-electron chi connectivity index (χ3n) is 7.41. The number of aromatic nitrogens is 1. The van der Waals surface area contributed by atoms with Crippen LogP contribution in [0.15, 0.2) is 82.0 Å². The quantitative estimate of drug-likeness (QED) is 0.189. The molecule has 2 atom stereocenters. The van der Waals surface area contributed by atoms with E-state index in [1.54, 1.807) is 33.8 Å². The largest absolute Gasteiger partial charge is 0.496 e. The highest BCUT2D eigenvalue weighted by Crippen LogP contribution is 2.50. The molecule has 0 saturated heterocycles. The van der Waals surface area contributed by atoms with Crippen LogP contribution in [0.1, 0.15) is 29.0 Å². The van der Waals surface area contributed by atoms with E-state index in [0.29, 0.717) is 41.5 Å². The highest BCUT2D eigenvalue weighted by Gasteiger charge is 2.44. The lowest BCUT2D eigenvalue weighted by atomic mass is 9.71. The van der Waals surface area contributed by atoms with Crippen molar-refractivity contribution in [2.75, 3.05) is 42.0 Å². The second-order valence-corrected chi connectivity index (χ2v) is 11.0. The van der Waals surface area contributed by atoms with Crippen LogP contribution in [0.5, 0.6) is 17.4 Å². The number of hydrogen-bond acceptors (Lipinski definition) is 7. The van der Waals surface area contributed by atoms with Crippen LogP contribution in [0.4, 0.5) is 0 Å². The van der Waals surface area contributed by atoms with Gasteiger partial charge in [0.25, 0.3) is 5.88 Å². The number of hydrogen-bond donors (Lipinski definition) is 1. The first-order chi connectivity index (χ1) is 19.3. The molecule has 1 N–H and O–H groups in total. The molecule has 0 aliphatic carbocycles. The number of pyridine rings is 1. The number of aliphatic hydroxyl groups is 1. The number of nitrogens with zero attached hydrogens (tertiary/aromatic N) is 2. The summed E-state index contributed by atoms with van der Waals surface area (Å²) >= 11 is 3.61. The molecule has 0 spiro atoms. The standard InChI is InChI=1S/C32H33BrN2O5/c1-35(2)13-12-32(36,26-8-6-7-20-11-14-40-30(20)26)29(23-18-28(38-4)31(39-5)34-19-23)25-16-22-15-24(33)10-9-21(22)17-27(25)37-3/h6-11,14-19,29,36H,12-13H2,1-5H3/t29-,32-/m1/s1. The van der Waals surface area contributed by atoms with Crippen molar-refractivity contribution < 1.29 is 23.7 Å². The van der Waals surface area contributed by atoms with E-state index in [1.165, 1.54) is 0 Å². The van der Waals surface area contributed by atoms with E-state index < -0.39 is 11.5 Å². The number of rotatable bonds is 10. The van der Waals surface area contributed by atoms with Crippen molar-refractivity contribution in [3.05, 3.63) is 94.3 Å². The number of furan rings is 1. The topological polar surface area (TPSA) is 77.2 Å². The van der Waals surface area contributed by atoms with Crippen molar-refractivity contribution in [2.45, 2.75) is 17.9 Å². The monoisotopic (exact) mass is 604 g/mol. The van der Waals surface area contributed by atoms with Crippen LogP contribution in [-0.2, 0) is 5.60 Å². The normalized spacial score (nSPS) is 13.9. The van der Waals surface area contributed by atoms with Crippen molar-refractivity contribution in [3.63, 3.8) is 0 Å². The highest BCUT2D eigenvalue weighted by atomic mass is 79.9. The summed E-state index contributed by atoms with van der Waals surface area (Å²) in [7, 11) is 8.77. The fraction of sp³-hybridized carbons (Fsp3) is 0.281. The number of halogens is 1. The van der Waals surface area contributed by atoms with Crippen molar-refractivity contribution in [1.82, 2.24) is 9.88 Å². The summed E-state index contributed by atoms with van der Waals surface area (Å²) in [4.78, 5) is 6.62. The molecule has 2 heterocycles. The zero-order valence-electron chi connectivity index (χ0n) is 23.3. The van der Waals surface area contributed by atoms with Crippen molar-refractivity contribution >= 4 is 37.7 Å². The van der Waals surface area contributed by atoms with Gasteiger partial charge in [0.1, 0.15) is 16.9 Å². The van der Waals surface area contributed by atoms with Gasteiger partial charge in [-0.15, -0.1) is 0 Å². The average Bonchev–Trinajstić information content (AvgIpc) is 3.45. The molecule has 2 aromatic heterocycles. The third-order valence-corrected chi connectivity index (χ3v) is 7.90. The molecule has 0 amide bonds. The van der Waals surface area contributed by atoms with Crippen molar-refractivity contribution in [3.8, 4) is 17.4 Å². The van der Waals surface area contributed by atoms with Gasteiger partial charge in [-0.05, 0) is 73.3 Å². The first-order valence-electron chi connectivity index (χ1n) is 13.0. The van der Waals surface area contributed by atoms with E-state index in [0.717, 1.165) is 31.8 Å². The molecule has 0 fully saturated rings. The number of methoxy groups -OCH3 is 3. The number of fused-ring (bicyclic) bond motifs is 2. The zero-order chi connectivity index (χ0) is 28.4. The summed E-state index contributed by atoms with van der Waals surface area (Å²) in [5, 5.41) is 16.1. The van der Waals surface area contributed by atoms with Gasteiger partial charge >= 0.3 is 0 Å². The lowest BCUT2D eigenvalue weighted by Gasteiger charge is -2.39. The molecule has 0 unspecified atom stereocenters. The molecular formula is C32H33BrN2O5. The Kier molecular flexibility index (Phi) is 8.03. The highest BCUT2D eigenvalue weighted by molar-refractivity contribution is 9.10. The van der Waals surface area contributed by atoms with E-state index in [4.69, 9.17) is 18.6 Å². The Hall–Kier alpha value is -3.59. The smallest absolute Gasteiger partial charge is 0.256 e. The van der Waals surface area contributed by atoms with E-state index in [1.807, 2.05) is 62.6 Å². The maximum Gasteiger partial charge on any atom is 0.256 e. The summed E-state index contributed by atoms with van der Waals surface area (Å²) < 4.78 is 24.0. The van der Waals surface area contributed by atoms with Crippen LogP contribution in [0.25, 0.3) is 21.7 Å². The first-order valence-corrected chi connectivity index (χ1v) is 13.8. The summed E-state index contributed by atoms with van der Waals surface area (Å²) in [5.41, 5.74) is 1.45. The third kappa shape index (κ3) is 5.14. The Morgan fingerprint density at radius 1 is 0.925 bits per heavy atom. The maximum atomic E-state index is 13.1. The molecule has 0 aliphatic heterocycles. The molecule has 0 saturated carbocycles. The van der Waals surface area contributed by atoms with Crippen LogP contribution in [0.2, 0.25) is 0 Å². The first kappa shape index (κ1) is 28.0. The van der Waals surface area contributed by atoms with Gasteiger partial charge in [0.15, 0.2) is 5.75 Å². The molecule has 8 heteroatoms. The van der Waals surface area contributed by atoms with Crippen LogP contribution in [-0.4, -0.2) is 57.0 Å². The van der Waals surface area contributed by atoms with Crippen LogP contribution >= 0.6 is 15.9 Å².